The summed E-state index contributed by atoms with van der Waals surface area (Å²) in [5.41, 5.74) is 1.39. The SMILES string of the molecule is COCc1nn(-c2ccccc2)nc1C(=O)OC. The lowest BCUT2D eigenvalue weighted by Gasteiger charge is -1.96. The molecule has 0 atom stereocenters. The second kappa shape index (κ2) is 5.42. The summed E-state index contributed by atoms with van der Waals surface area (Å²) in [7, 11) is 2.84. The molecular weight excluding hydrogens is 234 g/mol. The summed E-state index contributed by atoms with van der Waals surface area (Å²) in [5.74, 6) is -0.524. The molecule has 1 heterocycles. The van der Waals surface area contributed by atoms with Gasteiger partial charge in [0, 0.05) is 7.11 Å². The van der Waals surface area contributed by atoms with Crippen LogP contribution in [0.15, 0.2) is 30.3 Å². The van der Waals surface area contributed by atoms with Crippen molar-refractivity contribution < 1.29 is 14.3 Å². The van der Waals surface area contributed by atoms with Crippen LogP contribution in [0.25, 0.3) is 5.69 Å². The number of esters is 1. The molecule has 0 radical (unpaired) electrons. The number of nitrogens with zero attached hydrogens (tertiary/aromatic N) is 3. The van der Waals surface area contributed by atoms with E-state index in [4.69, 9.17) is 4.74 Å². The van der Waals surface area contributed by atoms with Crippen LogP contribution >= 0.6 is 0 Å². The summed E-state index contributed by atoms with van der Waals surface area (Å²) in [6.07, 6.45) is 0. The molecule has 0 fully saturated rings. The van der Waals surface area contributed by atoms with Gasteiger partial charge in [-0.05, 0) is 12.1 Å². The third-order valence-electron chi connectivity index (χ3n) is 2.33. The first-order chi connectivity index (χ1) is 8.76. The van der Waals surface area contributed by atoms with Gasteiger partial charge >= 0.3 is 5.97 Å². The lowest BCUT2D eigenvalue weighted by Crippen LogP contribution is -2.06. The first-order valence-electron chi connectivity index (χ1n) is 5.35. The van der Waals surface area contributed by atoms with Crippen molar-refractivity contribution >= 4 is 5.97 Å². The van der Waals surface area contributed by atoms with Crippen molar-refractivity contribution in [1.82, 2.24) is 15.0 Å². The topological polar surface area (TPSA) is 66.2 Å². The normalized spacial score (nSPS) is 10.3. The largest absolute Gasteiger partial charge is 0.464 e. The number of hydrogen-bond acceptors (Lipinski definition) is 5. The van der Waals surface area contributed by atoms with E-state index >= 15 is 0 Å². The molecule has 6 nitrogen and oxygen atoms in total. The Hall–Kier alpha value is -2.21. The number of ether oxygens (including phenoxy) is 2. The predicted octanol–water partition coefficient (Wildman–Crippen LogP) is 1.20. The Morgan fingerprint density at radius 3 is 2.56 bits per heavy atom. The highest BCUT2D eigenvalue weighted by Gasteiger charge is 2.19. The van der Waals surface area contributed by atoms with Crippen LogP contribution < -0.4 is 0 Å². The summed E-state index contributed by atoms with van der Waals surface area (Å²) < 4.78 is 9.65. The maximum absolute atomic E-state index is 11.6. The van der Waals surface area contributed by atoms with E-state index in [1.165, 1.54) is 19.0 Å². The van der Waals surface area contributed by atoms with Gasteiger partial charge in [-0.2, -0.15) is 4.80 Å². The van der Waals surface area contributed by atoms with Gasteiger partial charge in [0.2, 0.25) is 0 Å². The van der Waals surface area contributed by atoms with Crippen LogP contribution in [0, 0.1) is 0 Å². The van der Waals surface area contributed by atoms with Crippen molar-refractivity contribution in [2.45, 2.75) is 6.61 Å². The fourth-order valence-corrected chi connectivity index (χ4v) is 1.50. The van der Waals surface area contributed by atoms with Crippen LogP contribution in [-0.4, -0.2) is 35.2 Å². The van der Waals surface area contributed by atoms with Gasteiger partial charge in [0.1, 0.15) is 5.69 Å². The Balaban J connectivity index is 2.42. The summed E-state index contributed by atoms with van der Waals surface area (Å²) in [6.45, 7) is 0.206. The zero-order valence-electron chi connectivity index (χ0n) is 10.2. The molecule has 0 saturated carbocycles. The molecule has 6 heteroatoms. The highest BCUT2D eigenvalue weighted by atomic mass is 16.5. The number of hydrogen-bond donors (Lipinski definition) is 0. The van der Waals surface area contributed by atoms with Crippen LogP contribution in [0.1, 0.15) is 16.2 Å². The van der Waals surface area contributed by atoms with Crippen LogP contribution in [-0.2, 0) is 16.1 Å². The molecule has 0 N–H and O–H groups in total. The Morgan fingerprint density at radius 1 is 1.22 bits per heavy atom. The molecule has 0 aliphatic heterocycles. The fourth-order valence-electron chi connectivity index (χ4n) is 1.50. The van der Waals surface area contributed by atoms with Gasteiger partial charge in [0.15, 0.2) is 5.69 Å². The lowest BCUT2D eigenvalue weighted by atomic mass is 10.3. The standard InChI is InChI=1S/C12H13N3O3/c1-17-8-10-11(12(16)18-2)14-15(13-10)9-6-4-3-5-7-9/h3-7H,8H2,1-2H3. The van der Waals surface area contributed by atoms with Gasteiger partial charge < -0.3 is 9.47 Å². The smallest absolute Gasteiger partial charge is 0.360 e. The number of para-hydroxylation sites is 1. The Labute approximate surface area is 104 Å². The van der Waals surface area contributed by atoms with Crippen molar-refractivity contribution in [1.29, 1.82) is 0 Å². The molecule has 0 bridgehead atoms. The molecule has 0 unspecified atom stereocenters. The minimum absolute atomic E-state index is 0.170. The maximum Gasteiger partial charge on any atom is 0.360 e. The molecule has 0 amide bonds. The van der Waals surface area contributed by atoms with E-state index in [1.54, 1.807) is 0 Å². The van der Waals surface area contributed by atoms with Crippen molar-refractivity contribution in [3.05, 3.63) is 41.7 Å². The summed E-state index contributed by atoms with van der Waals surface area (Å²) in [4.78, 5) is 12.9. The van der Waals surface area contributed by atoms with Crippen LogP contribution in [0.2, 0.25) is 0 Å². The van der Waals surface area contributed by atoms with E-state index in [2.05, 4.69) is 14.9 Å². The minimum Gasteiger partial charge on any atom is -0.464 e. The van der Waals surface area contributed by atoms with E-state index in [1.807, 2.05) is 30.3 Å². The van der Waals surface area contributed by atoms with Gasteiger partial charge in [-0.25, -0.2) is 4.79 Å². The number of methoxy groups -OCH3 is 2. The Kier molecular flexibility index (Phi) is 3.69. The van der Waals surface area contributed by atoms with Gasteiger partial charge in [-0.3, -0.25) is 0 Å². The molecular formula is C12H13N3O3. The number of rotatable bonds is 4. The number of benzene rings is 1. The predicted molar refractivity (Wildman–Crippen MR) is 63.4 cm³/mol. The molecule has 2 rings (SSSR count). The highest BCUT2D eigenvalue weighted by molar-refractivity contribution is 5.88. The molecule has 1 aromatic heterocycles. The van der Waals surface area contributed by atoms with Gasteiger partial charge in [0.25, 0.3) is 0 Å². The quantitative estimate of drug-likeness (QED) is 0.759. The summed E-state index contributed by atoms with van der Waals surface area (Å²) >= 11 is 0. The fraction of sp³-hybridized carbons (Fsp3) is 0.250. The highest BCUT2D eigenvalue weighted by Crippen LogP contribution is 2.10. The monoisotopic (exact) mass is 247 g/mol. The first-order valence-corrected chi connectivity index (χ1v) is 5.35. The molecule has 0 spiro atoms. The van der Waals surface area contributed by atoms with Crippen LogP contribution in [0.5, 0.6) is 0 Å². The van der Waals surface area contributed by atoms with Crippen molar-refractivity contribution in [2.75, 3.05) is 14.2 Å². The van der Waals surface area contributed by atoms with E-state index in [0.29, 0.717) is 5.69 Å². The van der Waals surface area contributed by atoms with E-state index in [0.717, 1.165) is 5.69 Å². The average Bonchev–Trinajstić information content (AvgIpc) is 2.83. The zero-order valence-corrected chi connectivity index (χ0v) is 10.2. The first kappa shape index (κ1) is 12.3. The molecule has 0 aliphatic rings. The third kappa shape index (κ3) is 2.38. The summed E-state index contributed by atoms with van der Waals surface area (Å²) in [6, 6.07) is 9.32. The number of carbonyl (C=O) groups excluding carboxylic acids is 1. The summed E-state index contributed by atoms with van der Waals surface area (Å²) in [5, 5.41) is 8.34. The zero-order chi connectivity index (χ0) is 13.0. The second-order valence-corrected chi connectivity index (χ2v) is 3.54. The van der Waals surface area contributed by atoms with Crippen LogP contribution in [0.4, 0.5) is 0 Å². The minimum atomic E-state index is -0.524. The van der Waals surface area contributed by atoms with Crippen molar-refractivity contribution in [3.63, 3.8) is 0 Å². The maximum atomic E-state index is 11.6. The lowest BCUT2D eigenvalue weighted by molar-refractivity contribution is 0.0588. The van der Waals surface area contributed by atoms with Crippen LogP contribution in [0.3, 0.4) is 0 Å². The van der Waals surface area contributed by atoms with Gasteiger partial charge in [-0.1, -0.05) is 18.2 Å². The molecule has 2 aromatic rings. The molecule has 18 heavy (non-hydrogen) atoms. The number of carbonyl (C=O) groups is 1. The Bertz CT molecular complexity index is 537. The van der Waals surface area contributed by atoms with Gasteiger partial charge in [0.05, 0.1) is 19.4 Å². The Morgan fingerprint density at radius 2 is 1.94 bits per heavy atom. The molecule has 0 aliphatic carbocycles. The third-order valence-corrected chi connectivity index (χ3v) is 2.33. The van der Waals surface area contributed by atoms with E-state index in [-0.39, 0.29) is 12.3 Å². The van der Waals surface area contributed by atoms with Crippen molar-refractivity contribution in [3.8, 4) is 5.69 Å². The van der Waals surface area contributed by atoms with Gasteiger partial charge in [-0.15, -0.1) is 10.2 Å². The molecule has 0 saturated heterocycles. The van der Waals surface area contributed by atoms with E-state index < -0.39 is 5.97 Å². The average molecular weight is 247 g/mol. The second-order valence-electron chi connectivity index (χ2n) is 3.54. The number of aromatic nitrogens is 3. The molecule has 94 valence electrons. The van der Waals surface area contributed by atoms with Crippen molar-refractivity contribution in [2.24, 2.45) is 0 Å². The molecule has 1 aromatic carbocycles. The van der Waals surface area contributed by atoms with E-state index in [9.17, 15) is 4.79 Å².